The van der Waals surface area contributed by atoms with E-state index in [0.29, 0.717) is 29.8 Å². The van der Waals surface area contributed by atoms with Crippen LogP contribution < -0.4 is 0 Å². The van der Waals surface area contributed by atoms with E-state index in [2.05, 4.69) is 20.7 Å². The monoisotopic (exact) mass is 332 g/mol. The van der Waals surface area contributed by atoms with Crippen molar-refractivity contribution >= 4 is 39.3 Å². The number of hydrogen-bond acceptors (Lipinski definition) is 3. The van der Waals surface area contributed by atoms with Gasteiger partial charge in [0.05, 0.1) is 11.9 Å². The fraction of sp³-hybridized carbons (Fsp3) is 0.385. The molecule has 0 heterocycles. The Morgan fingerprint density at radius 3 is 2.50 bits per heavy atom. The molecule has 1 aromatic carbocycles. The van der Waals surface area contributed by atoms with E-state index in [4.69, 9.17) is 11.6 Å². The van der Waals surface area contributed by atoms with E-state index in [9.17, 15) is 9.59 Å². The second-order valence-electron chi connectivity index (χ2n) is 3.81. The summed E-state index contributed by atoms with van der Waals surface area (Å²) in [4.78, 5) is 22.6. The molecule has 0 radical (unpaired) electrons. The summed E-state index contributed by atoms with van der Waals surface area (Å²) in [6.45, 7) is 0. The van der Waals surface area contributed by atoms with Crippen LogP contribution in [0.25, 0.3) is 0 Å². The highest BCUT2D eigenvalue weighted by Gasteiger charge is 2.17. The predicted molar refractivity (Wildman–Crippen MR) is 74.4 cm³/mol. The molecule has 0 saturated heterocycles. The number of benzene rings is 1. The number of ether oxygens (including phenoxy) is 1. The Labute approximate surface area is 120 Å². The lowest BCUT2D eigenvalue weighted by molar-refractivity contribution is -0.140. The summed E-state index contributed by atoms with van der Waals surface area (Å²) in [6, 6.07) is 6.75. The third-order valence-electron chi connectivity index (χ3n) is 2.48. The van der Waals surface area contributed by atoms with E-state index >= 15 is 0 Å². The van der Waals surface area contributed by atoms with Crippen molar-refractivity contribution in [1.29, 1.82) is 0 Å². The van der Waals surface area contributed by atoms with Gasteiger partial charge in [-0.15, -0.1) is 0 Å². The Morgan fingerprint density at radius 1 is 1.33 bits per heavy atom. The summed E-state index contributed by atoms with van der Waals surface area (Å²) < 4.78 is 4.54. The summed E-state index contributed by atoms with van der Waals surface area (Å²) in [7, 11) is 1.35. The van der Waals surface area contributed by atoms with Crippen molar-refractivity contribution in [1.82, 2.24) is 0 Å². The highest BCUT2D eigenvalue weighted by molar-refractivity contribution is 9.10. The average molecular weight is 334 g/mol. The molecule has 0 aliphatic heterocycles. The maximum absolute atomic E-state index is 12.0. The van der Waals surface area contributed by atoms with Crippen molar-refractivity contribution in [3.05, 3.63) is 34.9 Å². The van der Waals surface area contributed by atoms with Gasteiger partial charge in [-0.3, -0.25) is 9.59 Å². The zero-order valence-corrected chi connectivity index (χ0v) is 12.3. The number of rotatable bonds is 6. The molecule has 0 spiro atoms. The smallest absolute Gasteiger partial charge is 0.305 e. The van der Waals surface area contributed by atoms with Crippen LogP contribution in [0.3, 0.4) is 0 Å². The first-order valence-electron chi connectivity index (χ1n) is 5.55. The topological polar surface area (TPSA) is 43.4 Å². The minimum atomic E-state index is -0.289. The second kappa shape index (κ2) is 7.54. The van der Waals surface area contributed by atoms with Crippen molar-refractivity contribution in [2.45, 2.75) is 24.1 Å². The molecule has 0 bridgehead atoms. The highest BCUT2D eigenvalue weighted by atomic mass is 79.9. The van der Waals surface area contributed by atoms with Gasteiger partial charge in [-0.2, -0.15) is 0 Å². The molecule has 18 heavy (non-hydrogen) atoms. The molecule has 0 aliphatic rings. The minimum Gasteiger partial charge on any atom is -0.469 e. The first-order chi connectivity index (χ1) is 8.54. The van der Waals surface area contributed by atoms with Crippen LogP contribution in [-0.4, -0.2) is 23.7 Å². The van der Waals surface area contributed by atoms with Gasteiger partial charge in [-0.1, -0.05) is 27.5 Å². The average Bonchev–Trinajstić information content (AvgIpc) is 2.38. The molecule has 0 fully saturated rings. The van der Waals surface area contributed by atoms with Gasteiger partial charge in [0.15, 0.2) is 5.78 Å². The highest BCUT2D eigenvalue weighted by Crippen LogP contribution is 2.18. The summed E-state index contributed by atoms with van der Waals surface area (Å²) >= 11 is 9.09. The van der Waals surface area contributed by atoms with Crippen LogP contribution in [0.15, 0.2) is 24.3 Å². The van der Waals surface area contributed by atoms with Crippen molar-refractivity contribution in [3.63, 3.8) is 0 Å². The zero-order chi connectivity index (χ0) is 13.5. The zero-order valence-electron chi connectivity index (χ0n) is 9.99. The number of carbonyl (C=O) groups excluding carboxylic acids is 2. The molecule has 3 nitrogen and oxygen atoms in total. The van der Waals surface area contributed by atoms with Gasteiger partial charge in [-0.05, 0) is 37.1 Å². The van der Waals surface area contributed by atoms with Gasteiger partial charge < -0.3 is 4.74 Å². The van der Waals surface area contributed by atoms with Crippen LogP contribution >= 0.6 is 27.5 Å². The molecule has 0 amide bonds. The molecule has 98 valence electrons. The molecule has 0 N–H and O–H groups in total. The van der Waals surface area contributed by atoms with Crippen LogP contribution in [0.1, 0.15) is 29.6 Å². The maximum Gasteiger partial charge on any atom is 0.305 e. The molecule has 1 aromatic rings. The van der Waals surface area contributed by atoms with E-state index in [-0.39, 0.29) is 16.6 Å². The Hall–Kier alpha value is -0.870. The summed E-state index contributed by atoms with van der Waals surface area (Å²) in [6.07, 6.45) is 1.53. The second-order valence-corrected chi connectivity index (χ2v) is 5.35. The lowest BCUT2D eigenvalue weighted by Crippen LogP contribution is -2.14. The fourth-order valence-electron chi connectivity index (χ4n) is 1.45. The number of carbonyl (C=O) groups is 2. The minimum absolute atomic E-state index is 0.00321. The molecular weight excluding hydrogens is 319 g/mol. The molecule has 0 aromatic heterocycles. The first kappa shape index (κ1) is 15.2. The van der Waals surface area contributed by atoms with E-state index in [0.717, 1.165) is 0 Å². The lowest BCUT2D eigenvalue weighted by atomic mass is 10.0. The van der Waals surface area contributed by atoms with Crippen molar-refractivity contribution in [2.75, 3.05) is 7.11 Å². The normalized spacial score (nSPS) is 11.9. The number of Topliss-reactive ketones (excluding diaryl/α,β-unsaturated/α-hetero) is 1. The number of hydrogen-bond donors (Lipinski definition) is 0. The number of ketones is 1. The summed E-state index contributed by atoms with van der Waals surface area (Å²) in [5.74, 6) is -0.259. The Balaban J connectivity index is 2.46. The van der Waals surface area contributed by atoms with Crippen LogP contribution in [0.5, 0.6) is 0 Å². The van der Waals surface area contributed by atoms with E-state index in [1.54, 1.807) is 24.3 Å². The van der Waals surface area contributed by atoms with Gasteiger partial charge in [0.2, 0.25) is 0 Å². The van der Waals surface area contributed by atoms with Crippen LogP contribution in [0.2, 0.25) is 5.02 Å². The molecule has 5 heteroatoms. The third-order valence-corrected chi connectivity index (χ3v) is 3.61. The Bertz CT molecular complexity index is 417. The molecule has 0 aliphatic carbocycles. The number of alkyl halides is 1. The standard InChI is InChI=1S/C13H14BrClO3/c1-18-12(16)4-2-3-11(14)13(17)9-5-7-10(15)8-6-9/h5-8,11H,2-4H2,1H3. The number of halogens is 2. The van der Waals surface area contributed by atoms with Crippen molar-refractivity contribution in [3.8, 4) is 0 Å². The maximum atomic E-state index is 12.0. The van der Waals surface area contributed by atoms with Crippen LogP contribution in [0, 0.1) is 0 Å². The fourth-order valence-corrected chi connectivity index (χ4v) is 2.17. The number of methoxy groups -OCH3 is 1. The van der Waals surface area contributed by atoms with Gasteiger partial charge >= 0.3 is 5.97 Å². The number of esters is 1. The molecule has 1 atom stereocenters. The van der Waals surface area contributed by atoms with Crippen LogP contribution in [-0.2, 0) is 9.53 Å². The van der Waals surface area contributed by atoms with Gasteiger partial charge in [0.1, 0.15) is 0 Å². The Morgan fingerprint density at radius 2 is 1.94 bits per heavy atom. The van der Waals surface area contributed by atoms with E-state index in [1.165, 1.54) is 7.11 Å². The SMILES string of the molecule is COC(=O)CCCC(Br)C(=O)c1ccc(Cl)cc1. The van der Waals surface area contributed by atoms with Crippen LogP contribution in [0.4, 0.5) is 0 Å². The van der Waals surface area contributed by atoms with Gasteiger partial charge in [0.25, 0.3) is 0 Å². The Kier molecular flexibility index (Phi) is 6.36. The van der Waals surface area contributed by atoms with Gasteiger partial charge in [0, 0.05) is 17.0 Å². The van der Waals surface area contributed by atoms with Crippen molar-refractivity contribution in [2.24, 2.45) is 0 Å². The largest absolute Gasteiger partial charge is 0.469 e. The third kappa shape index (κ3) is 4.78. The van der Waals surface area contributed by atoms with E-state index < -0.39 is 0 Å². The van der Waals surface area contributed by atoms with Gasteiger partial charge in [-0.25, -0.2) is 0 Å². The predicted octanol–water partition coefficient (Wildman–Crippen LogP) is 3.63. The summed E-state index contributed by atoms with van der Waals surface area (Å²) in [5.41, 5.74) is 0.611. The summed E-state index contributed by atoms with van der Waals surface area (Å²) in [5, 5.41) is 0.600. The molecule has 1 unspecified atom stereocenters. The first-order valence-corrected chi connectivity index (χ1v) is 6.84. The molecule has 0 saturated carbocycles. The van der Waals surface area contributed by atoms with Crippen molar-refractivity contribution < 1.29 is 14.3 Å². The molecule has 1 rings (SSSR count). The van der Waals surface area contributed by atoms with E-state index in [1.807, 2.05) is 0 Å². The molecular formula is C13H14BrClO3. The lowest BCUT2D eigenvalue weighted by Gasteiger charge is -2.08. The quantitative estimate of drug-likeness (QED) is 0.453.